The van der Waals surface area contributed by atoms with Crippen molar-refractivity contribution in [3.8, 4) is 0 Å². The molecule has 2 unspecified atom stereocenters. The maximum atomic E-state index is 11.0. The summed E-state index contributed by atoms with van der Waals surface area (Å²) in [6, 6.07) is 1.08. The molecule has 0 bridgehead atoms. The standard InChI is InChI=1S/C10H20N2O/c1-4-8(2)11-10-5-6-12(7-10)9(3)13/h8,10-11H,4-7H2,1-3H3. The van der Waals surface area contributed by atoms with E-state index in [1.165, 1.54) is 0 Å². The lowest BCUT2D eigenvalue weighted by Crippen LogP contribution is -2.38. The van der Waals surface area contributed by atoms with Crippen molar-refractivity contribution in [1.29, 1.82) is 0 Å². The topological polar surface area (TPSA) is 32.3 Å². The van der Waals surface area contributed by atoms with E-state index in [-0.39, 0.29) is 5.91 Å². The summed E-state index contributed by atoms with van der Waals surface area (Å²) in [5, 5.41) is 3.52. The van der Waals surface area contributed by atoms with Gasteiger partial charge in [-0.05, 0) is 19.8 Å². The molecule has 1 N–H and O–H groups in total. The van der Waals surface area contributed by atoms with Gasteiger partial charge in [0.1, 0.15) is 0 Å². The zero-order valence-electron chi connectivity index (χ0n) is 8.84. The van der Waals surface area contributed by atoms with Gasteiger partial charge in [0.25, 0.3) is 0 Å². The Kier molecular flexibility index (Phi) is 3.72. The molecule has 1 heterocycles. The first-order valence-corrected chi connectivity index (χ1v) is 5.15. The average Bonchev–Trinajstić information content (AvgIpc) is 2.52. The molecule has 2 atom stereocenters. The number of nitrogens with zero attached hydrogens (tertiary/aromatic N) is 1. The Hall–Kier alpha value is -0.570. The lowest BCUT2D eigenvalue weighted by atomic mass is 10.2. The highest BCUT2D eigenvalue weighted by Gasteiger charge is 2.24. The summed E-state index contributed by atoms with van der Waals surface area (Å²) < 4.78 is 0. The number of carbonyl (C=O) groups is 1. The number of likely N-dealkylation sites (tertiary alicyclic amines) is 1. The fraction of sp³-hybridized carbons (Fsp3) is 0.900. The summed E-state index contributed by atoms with van der Waals surface area (Å²) in [6.07, 6.45) is 2.25. The van der Waals surface area contributed by atoms with Crippen LogP contribution < -0.4 is 5.32 Å². The smallest absolute Gasteiger partial charge is 0.219 e. The first kappa shape index (κ1) is 10.5. The van der Waals surface area contributed by atoms with E-state index in [9.17, 15) is 4.79 Å². The van der Waals surface area contributed by atoms with Crippen molar-refractivity contribution in [2.75, 3.05) is 13.1 Å². The monoisotopic (exact) mass is 184 g/mol. The zero-order valence-corrected chi connectivity index (χ0v) is 8.84. The molecule has 0 radical (unpaired) electrons. The summed E-state index contributed by atoms with van der Waals surface area (Å²) in [5.41, 5.74) is 0. The SMILES string of the molecule is CCC(C)NC1CCN(C(C)=O)C1. The third-order valence-electron chi connectivity index (χ3n) is 2.77. The molecule has 0 aromatic rings. The first-order chi connectivity index (χ1) is 6.13. The van der Waals surface area contributed by atoms with Gasteiger partial charge in [-0.3, -0.25) is 4.79 Å². The van der Waals surface area contributed by atoms with Gasteiger partial charge in [0.15, 0.2) is 0 Å². The molecule has 0 saturated carbocycles. The highest BCUT2D eigenvalue weighted by Crippen LogP contribution is 2.10. The number of carbonyl (C=O) groups excluding carboxylic acids is 1. The van der Waals surface area contributed by atoms with Crippen molar-refractivity contribution < 1.29 is 4.79 Å². The van der Waals surface area contributed by atoms with E-state index in [4.69, 9.17) is 0 Å². The third kappa shape index (κ3) is 2.99. The summed E-state index contributed by atoms with van der Waals surface area (Å²) in [5.74, 6) is 0.202. The van der Waals surface area contributed by atoms with Crippen molar-refractivity contribution in [1.82, 2.24) is 10.2 Å². The third-order valence-corrected chi connectivity index (χ3v) is 2.77. The minimum absolute atomic E-state index is 0.202. The van der Waals surface area contributed by atoms with Crippen molar-refractivity contribution in [2.45, 2.75) is 45.7 Å². The molecule has 1 fully saturated rings. The van der Waals surface area contributed by atoms with Crippen LogP contribution >= 0.6 is 0 Å². The van der Waals surface area contributed by atoms with Gasteiger partial charge in [0, 0.05) is 32.1 Å². The Labute approximate surface area is 80.5 Å². The number of nitrogens with one attached hydrogen (secondary N) is 1. The predicted molar refractivity (Wildman–Crippen MR) is 53.5 cm³/mol. The summed E-state index contributed by atoms with van der Waals surface area (Å²) in [7, 11) is 0. The maximum Gasteiger partial charge on any atom is 0.219 e. The second kappa shape index (κ2) is 4.61. The van der Waals surface area contributed by atoms with Crippen LogP contribution in [0.25, 0.3) is 0 Å². The maximum absolute atomic E-state index is 11.0. The largest absolute Gasteiger partial charge is 0.341 e. The van der Waals surface area contributed by atoms with E-state index in [1.54, 1.807) is 6.92 Å². The summed E-state index contributed by atoms with van der Waals surface area (Å²) in [4.78, 5) is 13.0. The van der Waals surface area contributed by atoms with Crippen LogP contribution in [-0.2, 0) is 4.79 Å². The van der Waals surface area contributed by atoms with Crippen molar-refractivity contribution in [3.05, 3.63) is 0 Å². The molecule has 0 aliphatic carbocycles. The van der Waals surface area contributed by atoms with Gasteiger partial charge in [-0.15, -0.1) is 0 Å². The van der Waals surface area contributed by atoms with E-state index >= 15 is 0 Å². The highest BCUT2D eigenvalue weighted by atomic mass is 16.2. The van der Waals surface area contributed by atoms with Gasteiger partial charge in [-0.25, -0.2) is 0 Å². The molecule has 1 saturated heterocycles. The van der Waals surface area contributed by atoms with E-state index in [0.717, 1.165) is 25.9 Å². The zero-order chi connectivity index (χ0) is 9.84. The normalized spacial score (nSPS) is 24.8. The molecule has 76 valence electrons. The van der Waals surface area contributed by atoms with Gasteiger partial charge < -0.3 is 10.2 Å². The van der Waals surface area contributed by atoms with Crippen LogP contribution in [0, 0.1) is 0 Å². The second-order valence-corrected chi connectivity index (χ2v) is 3.93. The quantitative estimate of drug-likeness (QED) is 0.709. The molecule has 3 nitrogen and oxygen atoms in total. The molecular weight excluding hydrogens is 164 g/mol. The molecule has 1 rings (SSSR count). The molecule has 3 heteroatoms. The van der Waals surface area contributed by atoms with E-state index in [0.29, 0.717) is 12.1 Å². The highest BCUT2D eigenvalue weighted by molar-refractivity contribution is 5.73. The molecule has 0 spiro atoms. The average molecular weight is 184 g/mol. The van der Waals surface area contributed by atoms with Crippen LogP contribution in [0.3, 0.4) is 0 Å². The van der Waals surface area contributed by atoms with E-state index in [1.807, 2.05) is 4.90 Å². The number of amides is 1. The molecule has 0 aromatic carbocycles. The predicted octanol–water partition coefficient (Wildman–Crippen LogP) is 0.995. The lowest BCUT2D eigenvalue weighted by molar-refractivity contribution is -0.127. The van der Waals surface area contributed by atoms with Crippen LogP contribution in [0.5, 0.6) is 0 Å². The Morgan fingerprint density at radius 2 is 2.38 bits per heavy atom. The molecule has 0 aromatic heterocycles. The number of hydrogen-bond donors (Lipinski definition) is 1. The first-order valence-electron chi connectivity index (χ1n) is 5.15. The van der Waals surface area contributed by atoms with Crippen molar-refractivity contribution >= 4 is 5.91 Å². The van der Waals surface area contributed by atoms with E-state index in [2.05, 4.69) is 19.2 Å². The Morgan fingerprint density at radius 1 is 1.69 bits per heavy atom. The van der Waals surface area contributed by atoms with Gasteiger partial charge in [-0.2, -0.15) is 0 Å². The Morgan fingerprint density at radius 3 is 2.85 bits per heavy atom. The second-order valence-electron chi connectivity index (χ2n) is 3.93. The molecule has 1 aliphatic heterocycles. The minimum atomic E-state index is 0.202. The van der Waals surface area contributed by atoms with Gasteiger partial charge in [0.05, 0.1) is 0 Å². The fourth-order valence-electron chi connectivity index (χ4n) is 1.70. The van der Waals surface area contributed by atoms with Crippen molar-refractivity contribution in [2.24, 2.45) is 0 Å². The van der Waals surface area contributed by atoms with Crippen molar-refractivity contribution in [3.63, 3.8) is 0 Å². The molecule has 1 amide bonds. The van der Waals surface area contributed by atoms with Crippen LogP contribution in [0.2, 0.25) is 0 Å². The van der Waals surface area contributed by atoms with E-state index < -0.39 is 0 Å². The minimum Gasteiger partial charge on any atom is -0.341 e. The van der Waals surface area contributed by atoms with Gasteiger partial charge in [-0.1, -0.05) is 6.92 Å². The van der Waals surface area contributed by atoms with Crippen LogP contribution in [0.4, 0.5) is 0 Å². The van der Waals surface area contributed by atoms with Crippen LogP contribution in [-0.4, -0.2) is 36.0 Å². The molecule has 13 heavy (non-hydrogen) atoms. The lowest BCUT2D eigenvalue weighted by Gasteiger charge is -2.18. The Bertz CT molecular complexity index is 182. The van der Waals surface area contributed by atoms with Gasteiger partial charge >= 0.3 is 0 Å². The summed E-state index contributed by atoms with van der Waals surface area (Å²) in [6.45, 7) is 7.82. The fourth-order valence-corrected chi connectivity index (χ4v) is 1.70. The Balaban J connectivity index is 2.29. The number of hydrogen-bond acceptors (Lipinski definition) is 2. The molecular formula is C10H20N2O. The van der Waals surface area contributed by atoms with Gasteiger partial charge in [0.2, 0.25) is 5.91 Å². The van der Waals surface area contributed by atoms with Crippen LogP contribution in [0.15, 0.2) is 0 Å². The van der Waals surface area contributed by atoms with Crippen LogP contribution in [0.1, 0.15) is 33.6 Å². The molecule has 1 aliphatic rings. The summed E-state index contributed by atoms with van der Waals surface area (Å²) >= 11 is 0. The number of rotatable bonds is 3.